The lowest BCUT2D eigenvalue weighted by Crippen LogP contribution is -1.88. The van der Waals surface area contributed by atoms with Gasteiger partial charge in [-0.25, -0.2) is 0 Å². The zero-order valence-electron chi connectivity index (χ0n) is 8.87. The Morgan fingerprint density at radius 3 is 2.71 bits per heavy atom. The van der Waals surface area contributed by atoms with E-state index in [1.54, 1.807) is 13.2 Å². The summed E-state index contributed by atoms with van der Waals surface area (Å²) in [4.78, 5) is 0. The predicted octanol–water partition coefficient (Wildman–Crippen LogP) is 2.40. The van der Waals surface area contributed by atoms with Crippen molar-refractivity contribution >= 4 is 5.57 Å². The Bertz CT molecular complexity index is 340. The van der Waals surface area contributed by atoms with Crippen LogP contribution >= 0.6 is 0 Å². The maximum absolute atomic E-state index is 8.79. The molecule has 0 fully saturated rings. The second kappa shape index (κ2) is 4.82. The summed E-state index contributed by atoms with van der Waals surface area (Å²) in [6.45, 7) is 4.07. The summed E-state index contributed by atoms with van der Waals surface area (Å²) in [7, 11) is 1.66. The van der Waals surface area contributed by atoms with Gasteiger partial charge in [0, 0.05) is 0 Å². The van der Waals surface area contributed by atoms with E-state index in [1.807, 2.05) is 26.0 Å². The molecule has 14 heavy (non-hydrogen) atoms. The fraction of sp³-hybridized carbons (Fsp3) is 0.333. The zero-order valence-corrected chi connectivity index (χ0v) is 8.87. The number of hydrogen-bond acceptors (Lipinski definition) is 2. The van der Waals surface area contributed by atoms with E-state index in [-0.39, 0.29) is 6.61 Å². The van der Waals surface area contributed by atoms with Gasteiger partial charge in [0.05, 0.1) is 13.7 Å². The van der Waals surface area contributed by atoms with Gasteiger partial charge >= 0.3 is 0 Å². The lowest BCUT2D eigenvalue weighted by molar-refractivity contribution is 0.343. The average molecular weight is 192 g/mol. The molecule has 0 bridgehead atoms. The molecule has 0 aliphatic heterocycles. The largest absolute Gasteiger partial charge is 0.497 e. The highest BCUT2D eigenvalue weighted by molar-refractivity contribution is 5.65. The Morgan fingerprint density at radius 1 is 1.43 bits per heavy atom. The summed E-state index contributed by atoms with van der Waals surface area (Å²) < 4.78 is 5.17. The van der Waals surface area contributed by atoms with Gasteiger partial charge in [0.2, 0.25) is 0 Å². The number of benzene rings is 1. The van der Waals surface area contributed by atoms with Crippen LogP contribution in [0.15, 0.2) is 24.3 Å². The molecule has 2 heteroatoms. The van der Waals surface area contributed by atoms with Crippen LogP contribution in [0, 0.1) is 6.92 Å². The molecule has 0 saturated heterocycles. The fourth-order valence-corrected chi connectivity index (χ4v) is 1.35. The first-order chi connectivity index (χ1) is 6.67. The number of methoxy groups -OCH3 is 1. The van der Waals surface area contributed by atoms with E-state index in [1.165, 1.54) is 0 Å². The topological polar surface area (TPSA) is 29.5 Å². The molecule has 1 aromatic rings. The predicted molar refractivity (Wildman–Crippen MR) is 58.5 cm³/mol. The summed E-state index contributed by atoms with van der Waals surface area (Å²) in [5.41, 5.74) is 3.32. The van der Waals surface area contributed by atoms with Crippen LogP contribution in [0.1, 0.15) is 18.1 Å². The van der Waals surface area contributed by atoms with Crippen LogP contribution in [-0.2, 0) is 0 Å². The molecule has 0 saturated carbocycles. The molecule has 0 aliphatic rings. The van der Waals surface area contributed by atoms with Gasteiger partial charge in [-0.3, -0.25) is 0 Å². The molecular formula is C12H16O2. The van der Waals surface area contributed by atoms with Crippen LogP contribution in [0.25, 0.3) is 5.57 Å². The molecule has 0 aliphatic carbocycles. The van der Waals surface area contributed by atoms with E-state index in [2.05, 4.69) is 6.07 Å². The van der Waals surface area contributed by atoms with Crippen LogP contribution in [0.3, 0.4) is 0 Å². The number of allylic oxidation sites excluding steroid dienone is 1. The van der Waals surface area contributed by atoms with Crippen LogP contribution in [-0.4, -0.2) is 18.8 Å². The van der Waals surface area contributed by atoms with Gasteiger partial charge in [-0.1, -0.05) is 12.1 Å². The SMILES string of the molecule is COc1cc(C)cc(/C(C)=C/CO)c1. The summed E-state index contributed by atoms with van der Waals surface area (Å²) >= 11 is 0. The van der Waals surface area contributed by atoms with Crippen molar-refractivity contribution in [3.05, 3.63) is 35.4 Å². The second-order valence-electron chi connectivity index (χ2n) is 3.31. The molecule has 0 heterocycles. The molecule has 1 aromatic carbocycles. The third-order valence-corrected chi connectivity index (χ3v) is 2.14. The Hall–Kier alpha value is -1.28. The third-order valence-electron chi connectivity index (χ3n) is 2.14. The normalized spacial score (nSPS) is 11.6. The first kappa shape index (κ1) is 10.8. The van der Waals surface area contributed by atoms with E-state index in [4.69, 9.17) is 9.84 Å². The molecule has 1 N–H and O–H groups in total. The minimum atomic E-state index is 0.0715. The molecule has 2 nitrogen and oxygen atoms in total. The number of ether oxygens (including phenoxy) is 1. The summed E-state index contributed by atoms with van der Waals surface area (Å²) in [6.07, 6.45) is 1.79. The second-order valence-corrected chi connectivity index (χ2v) is 3.31. The van der Waals surface area contributed by atoms with Gasteiger partial charge in [0.25, 0.3) is 0 Å². The lowest BCUT2D eigenvalue weighted by atomic mass is 10.0. The molecule has 76 valence electrons. The zero-order chi connectivity index (χ0) is 10.6. The molecule has 0 unspecified atom stereocenters. The number of aliphatic hydroxyl groups excluding tert-OH is 1. The quantitative estimate of drug-likeness (QED) is 0.796. The molecule has 0 aromatic heterocycles. The average Bonchev–Trinajstić information content (AvgIpc) is 2.17. The lowest BCUT2D eigenvalue weighted by Gasteiger charge is -2.06. The molecule has 0 spiro atoms. The van der Waals surface area contributed by atoms with E-state index >= 15 is 0 Å². The van der Waals surface area contributed by atoms with Crippen molar-refractivity contribution in [2.45, 2.75) is 13.8 Å². The van der Waals surface area contributed by atoms with Crippen LogP contribution in [0.2, 0.25) is 0 Å². The Morgan fingerprint density at radius 2 is 2.14 bits per heavy atom. The van der Waals surface area contributed by atoms with Crippen molar-refractivity contribution in [2.75, 3.05) is 13.7 Å². The van der Waals surface area contributed by atoms with Crippen molar-refractivity contribution in [3.63, 3.8) is 0 Å². The van der Waals surface area contributed by atoms with E-state index in [9.17, 15) is 0 Å². The maximum Gasteiger partial charge on any atom is 0.119 e. The number of hydrogen-bond donors (Lipinski definition) is 1. The Labute approximate surface area is 84.8 Å². The van der Waals surface area contributed by atoms with Gasteiger partial charge in [-0.15, -0.1) is 0 Å². The molecule has 0 amide bonds. The van der Waals surface area contributed by atoms with Gasteiger partial charge in [-0.2, -0.15) is 0 Å². The number of aryl methyl sites for hydroxylation is 1. The van der Waals surface area contributed by atoms with E-state index < -0.39 is 0 Å². The number of rotatable bonds is 3. The van der Waals surface area contributed by atoms with E-state index in [0.717, 1.165) is 22.4 Å². The molecule has 0 atom stereocenters. The Kier molecular flexibility index (Phi) is 3.72. The highest BCUT2D eigenvalue weighted by Gasteiger charge is 1.99. The highest BCUT2D eigenvalue weighted by atomic mass is 16.5. The minimum absolute atomic E-state index is 0.0715. The summed E-state index contributed by atoms with van der Waals surface area (Å²) in [6, 6.07) is 6.02. The van der Waals surface area contributed by atoms with E-state index in [0.29, 0.717) is 0 Å². The first-order valence-electron chi connectivity index (χ1n) is 4.61. The standard InChI is InChI=1S/C12H16O2/c1-9-6-11(10(2)4-5-13)8-12(7-9)14-3/h4,6-8,13H,5H2,1-3H3/b10-4+. The third kappa shape index (κ3) is 2.60. The maximum atomic E-state index is 8.79. The molecule has 1 rings (SSSR count). The summed E-state index contributed by atoms with van der Waals surface area (Å²) in [5.74, 6) is 0.852. The van der Waals surface area contributed by atoms with Crippen LogP contribution in [0.4, 0.5) is 0 Å². The Balaban J connectivity index is 3.09. The van der Waals surface area contributed by atoms with Crippen molar-refractivity contribution in [1.82, 2.24) is 0 Å². The molecule has 0 radical (unpaired) electrons. The van der Waals surface area contributed by atoms with Gasteiger partial charge in [0.15, 0.2) is 0 Å². The van der Waals surface area contributed by atoms with Crippen molar-refractivity contribution in [2.24, 2.45) is 0 Å². The van der Waals surface area contributed by atoms with Crippen LogP contribution in [0.5, 0.6) is 5.75 Å². The summed E-state index contributed by atoms with van der Waals surface area (Å²) in [5, 5.41) is 8.79. The number of aliphatic hydroxyl groups is 1. The van der Waals surface area contributed by atoms with Gasteiger partial charge < -0.3 is 9.84 Å². The van der Waals surface area contributed by atoms with Gasteiger partial charge in [-0.05, 0) is 42.7 Å². The molecular weight excluding hydrogens is 176 g/mol. The smallest absolute Gasteiger partial charge is 0.119 e. The fourth-order valence-electron chi connectivity index (χ4n) is 1.35. The van der Waals surface area contributed by atoms with Gasteiger partial charge in [0.1, 0.15) is 5.75 Å². The highest BCUT2D eigenvalue weighted by Crippen LogP contribution is 2.21. The van der Waals surface area contributed by atoms with Crippen molar-refractivity contribution < 1.29 is 9.84 Å². The van der Waals surface area contributed by atoms with Crippen molar-refractivity contribution in [1.29, 1.82) is 0 Å². The first-order valence-corrected chi connectivity index (χ1v) is 4.61. The van der Waals surface area contributed by atoms with Crippen LogP contribution < -0.4 is 4.74 Å². The van der Waals surface area contributed by atoms with Crippen molar-refractivity contribution in [3.8, 4) is 5.75 Å². The monoisotopic (exact) mass is 192 g/mol. The minimum Gasteiger partial charge on any atom is -0.497 e.